The first-order valence-electron chi connectivity index (χ1n) is 26.8. The average Bonchev–Trinajstić information content (AvgIpc) is 3.30. The van der Waals surface area contributed by atoms with Gasteiger partial charge in [0.05, 0.1) is 6.61 Å². The summed E-state index contributed by atoms with van der Waals surface area (Å²) in [7, 11) is 0. The number of esters is 2. The van der Waals surface area contributed by atoms with E-state index in [-0.39, 0.29) is 25.2 Å². The predicted octanol–water partition coefficient (Wildman–Crippen LogP) is 18.2. The molecule has 0 N–H and O–H groups in total. The van der Waals surface area contributed by atoms with Crippen molar-refractivity contribution in [2.75, 3.05) is 19.8 Å². The Morgan fingerprint density at radius 1 is 0.359 bits per heavy atom. The smallest absolute Gasteiger partial charge is 0.306 e. The molecule has 0 aromatic rings. The van der Waals surface area contributed by atoms with Gasteiger partial charge >= 0.3 is 11.9 Å². The Bertz CT molecular complexity index is 1230. The molecule has 1 unspecified atom stereocenters. The summed E-state index contributed by atoms with van der Waals surface area (Å²) in [5.41, 5.74) is 0. The van der Waals surface area contributed by atoms with Crippen LogP contribution in [-0.4, -0.2) is 37.9 Å². The lowest BCUT2D eigenvalue weighted by molar-refractivity contribution is -0.163. The van der Waals surface area contributed by atoms with E-state index in [1.54, 1.807) is 0 Å². The third kappa shape index (κ3) is 51.5. The first-order chi connectivity index (χ1) is 31.6. The molecule has 0 fully saturated rings. The molecule has 0 amide bonds. The van der Waals surface area contributed by atoms with Crippen LogP contribution >= 0.6 is 0 Å². The molecule has 0 spiro atoms. The average molecular weight is 889 g/mol. The molecule has 0 saturated carbocycles. The van der Waals surface area contributed by atoms with Crippen molar-refractivity contribution in [3.63, 3.8) is 0 Å². The zero-order valence-electron chi connectivity index (χ0n) is 42.0. The zero-order chi connectivity index (χ0) is 46.3. The van der Waals surface area contributed by atoms with Crippen molar-refractivity contribution in [1.29, 1.82) is 0 Å². The number of carbonyl (C=O) groups excluding carboxylic acids is 2. The first-order valence-corrected chi connectivity index (χ1v) is 26.8. The van der Waals surface area contributed by atoms with E-state index >= 15 is 0 Å². The molecule has 0 saturated heterocycles. The minimum absolute atomic E-state index is 0.0629. The van der Waals surface area contributed by atoms with Crippen molar-refractivity contribution >= 4 is 11.9 Å². The second-order valence-electron chi connectivity index (χ2n) is 17.4. The van der Waals surface area contributed by atoms with Gasteiger partial charge in [-0.2, -0.15) is 0 Å². The van der Waals surface area contributed by atoms with Crippen molar-refractivity contribution < 1.29 is 23.8 Å². The summed E-state index contributed by atoms with van der Waals surface area (Å²) in [5.74, 6) is -0.430. The standard InChI is InChI=1S/C59H100O5/c1-4-7-10-13-16-19-22-25-27-28-29-30-31-33-36-39-42-45-48-51-54-62-55-57(64-59(61)53-50-47-44-41-38-34-24-21-18-15-12-9-6-3)56-63-58(60)52-49-46-43-40-37-35-32-26-23-20-17-14-11-8-5-2/h7-8,10-11,16-17,19-20,25-27,29-30,32-33,36,57H,4-6,9,12-15,18,21-24,28,31,34-35,37-56H2,1-3H3/b10-7-,11-8-,19-16-,20-17-,27-25-,30-29-,32-26-,36-33-. The van der Waals surface area contributed by atoms with Gasteiger partial charge in [-0.05, 0) is 96.3 Å². The van der Waals surface area contributed by atoms with Crippen molar-refractivity contribution in [3.05, 3.63) is 97.2 Å². The van der Waals surface area contributed by atoms with E-state index in [0.29, 0.717) is 19.4 Å². The highest BCUT2D eigenvalue weighted by atomic mass is 16.6. The van der Waals surface area contributed by atoms with E-state index in [9.17, 15) is 9.59 Å². The number of ether oxygens (including phenoxy) is 3. The van der Waals surface area contributed by atoms with Gasteiger partial charge in [0.1, 0.15) is 6.61 Å². The molecule has 0 heterocycles. The Labute approximate surface area is 396 Å². The van der Waals surface area contributed by atoms with Crippen LogP contribution in [0.15, 0.2) is 97.2 Å². The third-order valence-corrected chi connectivity index (χ3v) is 11.1. The van der Waals surface area contributed by atoms with Gasteiger partial charge in [0.2, 0.25) is 0 Å². The lowest BCUT2D eigenvalue weighted by Gasteiger charge is -2.18. The van der Waals surface area contributed by atoms with Crippen molar-refractivity contribution in [2.24, 2.45) is 0 Å². The molecule has 5 heteroatoms. The SMILES string of the molecule is CC/C=C\C/C=C\C/C=C\C/C=C\C/C=C\CCCCCCOCC(COC(=O)CCCCCCC/C=C\C/C=C\C/C=C\CC)OC(=O)CCCCCCCCCCCCCCC. The van der Waals surface area contributed by atoms with Gasteiger partial charge in [0.15, 0.2) is 6.10 Å². The minimum atomic E-state index is -0.560. The highest BCUT2D eigenvalue weighted by Gasteiger charge is 2.17. The summed E-state index contributed by atoms with van der Waals surface area (Å²) >= 11 is 0. The van der Waals surface area contributed by atoms with Gasteiger partial charge in [-0.25, -0.2) is 0 Å². The molecular formula is C59H100O5. The molecular weight excluding hydrogens is 789 g/mol. The van der Waals surface area contributed by atoms with Crippen LogP contribution in [0.1, 0.15) is 239 Å². The maximum atomic E-state index is 12.8. The molecule has 0 aromatic heterocycles. The van der Waals surface area contributed by atoms with Gasteiger partial charge in [-0.3, -0.25) is 9.59 Å². The molecule has 1 atom stereocenters. The highest BCUT2D eigenvalue weighted by molar-refractivity contribution is 5.70. The van der Waals surface area contributed by atoms with Crippen LogP contribution in [0, 0.1) is 0 Å². The van der Waals surface area contributed by atoms with E-state index in [2.05, 4.69) is 118 Å². The van der Waals surface area contributed by atoms with Crippen LogP contribution in [0.3, 0.4) is 0 Å². The van der Waals surface area contributed by atoms with E-state index in [1.807, 2.05) is 0 Å². The monoisotopic (exact) mass is 889 g/mol. The molecule has 5 nitrogen and oxygen atoms in total. The van der Waals surface area contributed by atoms with E-state index in [1.165, 1.54) is 96.3 Å². The highest BCUT2D eigenvalue weighted by Crippen LogP contribution is 2.14. The first kappa shape index (κ1) is 60.8. The molecule has 64 heavy (non-hydrogen) atoms. The molecule has 0 rings (SSSR count). The minimum Gasteiger partial charge on any atom is -0.462 e. The molecule has 0 bridgehead atoms. The zero-order valence-corrected chi connectivity index (χ0v) is 42.0. The molecule has 0 radical (unpaired) electrons. The lowest BCUT2D eigenvalue weighted by atomic mass is 10.0. The summed E-state index contributed by atoms with van der Waals surface area (Å²) in [6.07, 6.45) is 72.7. The Kier molecular flexibility index (Phi) is 51.5. The second-order valence-corrected chi connectivity index (χ2v) is 17.4. The van der Waals surface area contributed by atoms with Crippen LogP contribution < -0.4 is 0 Å². The summed E-state index contributed by atoms with van der Waals surface area (Å²) in [6, 6.07) is 0. The van der Waals surface area contributed by atoms with Crippen LogP contribution in [0.5, 0.6) is 0 Å². The van der Waals surface area contributed by atoms with E-state index in [4.69, 9.17) is 14.2 Å². The molecule has 0 aromatic carbocycles. The van der Waals surface area contributed by atoms with E-state index in [0.717, 1.165) is 109 Å². The van der Waals surface area contributed by atoms with Crippen molar-refractivity contribution in [2.45, 2.75) is 245 Å². The lowest BCUT2D eigenvalue weighted by Crippen LogP contribution is -2.30. The fourth-order valence-corrected chi connectivity index (χ4v) is 7.20. The Morgan fingerprint density at radius 3 is 1.12 bits per heavy atom. The maximum absolute atomic E-state index is 12.8. The molecule has 0 aliphatic rings. The number of rotatable bonds is 48. The predicted molar refractivity (Wildman–Crippen MR) is 279 cm³/mol. The molecule has 366 valence electrons. The molecule has 0 aliphatic heterocycles. The largest absolute Gasteiger partial charge is 0.462 e. The van der Waals surface area contributed by atoms with Crippen LogP contribution in [0.25, 0.3) is 0 Å². The van der Waals surface area contributed by atoms with Crippen molar-refractivity contribution in [3.8, 4) is 0 Å². The van der Waals surface area contributed by atoms with Gasteiger partial charge in [-0.15, -0.1) is 0 Å². The van der Waals surface area contributed by atoms with Crippen LogP contribution in [-0.2, 0) is 23.8 Å². The number of carbonyl (C=O) groups is 2. The Hall–Kier alpha value is -3.18. The van der Waals surface area contributed by atoms with Crippen LogP contribution in [0.4, 0.5) is 0 Å². The van der Waals surface area contributed by atoms with Gasteiger partial charge in [0, 0.05) is 19.4 Å². The van der Waals surface area contributed by atoms with E-state index < -0.39 is 6.10 Å². The van der Waals surface area contributed by atoms with Gasteiger partial charge in [-0.1, -0.05) is 227 Å². The number of unbranched alkanes of at least 4 members (excludes halogenated alkanes) is 21. The van der Waals surface area contributed by atoms with Gasteiger partial charge < -0.3 is 14.2 Å². The van der Waals surface area contributed by atoms with Crippen LogP contribution in [0.2, 0.25) is 0 Å². The van der Waals surface area contributed by atoms with Crippen molar-refractivity contribution in [1.82, 2.24) is 0 Å². The number of hydrogen-bond donors (Lipinski definition) is 0. The normalized spacial score (nSPS) is 13.0. The summed E-state index contributed by atoms with van der Waals surface area (Å²) in [5, 5.41) is 0. The van der Waals surface area contributed by atoms with Gasteiger partial charge in [0.25, 0.3) is 0 Å². The fraction of sp³-hybridized carbons (Fsp3) is 0.695. The number of hydrogen-bond acceptors (Lipinski definition) is 5. The number of allylic oxidation sites excluding steroid dienone is 16. The second kappa shape index (κ2) is 54.2. The third-order valence-electron chi connectivity index (χ3n) is 11.1. The summed E-state index contributed by atoms with van der Waals surface area (Å²) in [4.78, 5) is 25.4. The maximum Gasteiger partial charge on any atom is 0.306 e. The quantitative estimate of drug-likeness (QED) is 0.0346. The Balaban J connectivity index is 4.34. The fourth-order valence-electron chi connectivity index (χ4n) is 7.20. The topological polar surface area (TPSA) is 61.8 Å². The summed E-state index contributed by atoms with van der Waals surface area (Å²) < 4.78 is 17.4. The Morgan fingerprint density at radius 2 is 0.703 bits per heavy atom. The molecule has 0 aliphatic carbocycles. The summed E-state index contributed by atoms with van der Waals surface area (Å²) in [6.45, 7) is 7.54.